The Balaban J connectivity index is 1.17. The molecule has 2 saturated carbocycles. The molecular formula is C38H35N3O6S2. The van der Waals surface area contributed by atoms with E-state index in [1.54, 1.807) is 16.3 Å². The predicted molar refractivity (Wildman–Crippen MR) is 188 cm³/mol. The zero-order valence-corrected chi connectivity index (χ0v) is 28.8. The zero-order chi connectivity index (χ0) is 34.4. The lowest BCUT2D eigenvalue weighted by Crippen LogP contribution is -2.43. The van der Waals surface area contributed by atoms with E-state index in [9.17, 15) is 29.1 Å². The molecule has 3 fully saturated rings. The van der Waals surface area contributed by atoms with Gasteiger partial charge < -0.3 is 10.4 Å². The second kappa shape index (κ2) is 11.6. The number of aromatic carboxylic acids is 1. The van der Waals surface area contributed by atoms with E-state index in [1.165, 1.54) is 34.7 Å². The lowest BCUT2D eigenvalue weighted by Gasteiger charge is -2.43. The Kier molecular flexibility index (Phi) is 7.49. The number of amides is 3. The van der Waals surface area contributed by atoms with Crippen LogP contribution in [-0.2, 0) is 26.3 Å². The Morgan fingerprint density at radius 2 is 1.53 bits per heavy atom. The minimum atomic E-state index is -1.06. The summed E-state index contributed by atoms with van der Waals surface area (Å²) in [5, 5.41) is 12.7. The number of nitrogens with one attached hydrogen (secondary N) is 1. The standard InChI is InChI=1S/C38H35N3O6S2/c1-38(2,3)21-13-9-19(10-14-21)27-28-24-17-25(30-29(24)33(43)41(34(30)44)23-7-5-4-6-8-23)31(28)48-35-32(27)49-37(47)40(35)18-26(42)39-22-15-11-20(12-16-22)36(45)46/h4-16,24-25,27-31H,17-18H2,1-3H3,(H,39,42)(H,45,46). The van der Waals surface area contributed by atoms with E-state index >= 15 is 0 Å². The molecule has 11 heteroatoms. The molecule has 7 atom stereocenters. The molecule has 2 aliphatic carbocycles. The van der Waals surface area contributed by atoms with E-state index in [0.29, 0.717) is 11.4 Å². The summed E-state index contributed by atoms with van der Waals surface area (Å²) in [5.41, 5.74) is 3.37. The van der Waals surface area contributed by atoms with E-state index in [1.807, 2.05) is 30.3 Å². The van der Waals surface area contributed by atoms with Crippen LogP contribution in [0.3, 0.4) is 0 Å². The van der Waals surface area contributed by atoms with Gasteiger partial charge in [-0.1, -0.05) is 74.6 Å². The van der Waals surface area contributed by atoms with Crippen LogP contribution in [-0.4, -0.2) is 38.6 Å². The van der Waals surface area contributed by atoms with E-state index in [0.717, 1.165) is 33.2 Å². The van der Waals surface area contributed by atoms with E-state index in [2.05, 4.69) is 50.4 Å². The maximum Gasteiger partial charge on any atom is 0.335 e. The molecule has 2 N–H and O–H groups in total. The Hall–Kier alpha value is -4.48. The number of carbonyl (C=O) groups is 4. The van der Waals surface area contributed by atoms with Crippen LogP contribution < -0.4 is 15.1 Å². The fourth-order valence-corrected chi connectivity index (χ4v) is 11.8. The third-order valence-corrected chi connectivity index (χ3v) is 13.6. The average molecular weight is 694 g/mol. The summed E-state index contributed by atoms with van der Waals surface area (Å²) in [7, 11) is 0. The first-order valence-corrected chi connectivity index (χ1v) is 18.2. The van der Waals surface area contributed by atoms with Gasteiger partial charge in [-0.25, -0.2) is 4.79 Å². The highest BCUT2D eigenvalue weighted by Crippen LogP contribution is 2.69. The predicted octanol–water partition coefficient (Wildman–Crippen LogP) is 6.22. The van der Waals surface area contributed by atoms with Crippen molar-refractivity contribution in [3.63, 3.8) is 0 Å². The molecule has 0 radical (unpaired) electrons. The number of carboxylic acids is 1. The Bertz CT molecular complexity index is 2070. The van der Waals surface area contributed by atoms with Crippen molar-refractivity contribution in [2.75, 3.05) is 10.2 Å². The number of aromatic nitrogens is 1. The van der Waals surface area contributed by atoms with Crippen LogP contribution in [0.15, 0.2) is 88.7 Å². The number of thiazole rings is 1. The molecule has 1 saturated heterocycles. The summed E-state index contributed by atoms with van der Waals surface area (Å²) in [5.74, 6) is -2.69. The molecular weight excluding hydrogens is 659 g/mol. The molecule has 7 unspecified atom stereocenters. The topological polar surface area (TPSA) is 126 Å². The van der Waals surface area contributed by atoms with Gasteiger partial charge in [0.1, 0.15) is 6.54 Å². The van der Waals surface area contributed by atoms with Gasteiger partial charge in [-0.15, -0.1) is 11.8 Å². The maximum absolute atomic E-state index is 14.1. The van der Waals surface area contributed by atoms with E-state index in [4.69, 9.17) is 0 Å². The first kappa shape index (κ1) is 31.8. The van der Waals surface area contributed by atoms with Crippen LogP contribution in [0.2, 0.25) is 0 Å². The van der Waals surface area contributed by atoms with Gasteiger partial charge in [-0.05, 0) is 77.1 Å². The molecule has 0 spiro atoms. The molecule has 2 bridgehead atoms. The van der Waals surface area contributed by atoms with Crippen LogP contribution in [0.1, 0.15) is 59.5 Å². The van der Waals surface area contributed by atoms with Crippen LogP contribution >= 0.6 is 23.1 Å². The van der Waals surface area contributed by atoms with Crippen molar-refractivity contribution in [1.29, 1.82) is 0 Å². The first-order valence-electron chi connectivity index (χ1n) is 16.5. The van der Waals surface area contributed by atoms with Gasteiger partial charge in [0.2, 0.25) is 17.7 Å². The number of rotatable bonds is 6. The quantitative estimate of drug-likeness (QED) is 0.230. The fourth-order valence-electron chi connectivity index (χ4n) is 8.69. The number of para-hydroxylation sites is 1. The molecule has 250 valence electrons. The van der Waals surface area contributed by atoms with Gasteiger partial charge in [-0.3, -0.25) is 28.6 Å². The largest absolute Gasteiger partial charge is 0.478 e. The van der Waals surface area contributed by atoms with Crippen molar-refractivity contribution in [1.82, 2.24) is 4.57 Å². The monoisotopic (exact) mass is 693 g/mol. The Labute approximate surface area is 291 Å². The third kappa shape index (κ3) is 5.08. The zero-order valence-electron chi connectivity index (χ0n) is 27.2. The van der Waals surface area contributed by atoms with Crippen molar-refractivity contribution in [2.24, 2.45) is 29.6 Å². The van der Waals surface area contributed by atoms with Gasteiger partial charge in [0.25, 0.3) is 0 Å². The van der Waals surface area contributed by atoms with Crippen LogP contribution in [0, 0.1) is 29.6 Å². The van der Waals surface area contributed by atoms with Crippen LogP contribution in [0.5, 0.6) is 0 Å². The number of hydrogen-bond acceptors (Lipinski definition) is 7. The van der Waals surface area contributed by atoms with Crippen molar-refractivity contribution in [2.45, 2.75) is 55.3 Å². The van der Waals surface area contributed by atoms with Gasteiger partial charge in [-0.2, -0.15) is 0 Å². The molecule has 2 aliphatic heterocycles. The lowest BCUT2D eigenvalue weighted by molar-refractivity contribution is -0.123. The van der Waals surface area contributed by atoms with Crippen LogP contribution in [0.25, 0.3) is 0 Å². The number of fused-ring (bicyclic) bond motifs is 9. The van der Waals surface area contributed by atoms with E-state index in [-0.39, 0.29) is 63.1 Å². The molecule has 4 aromatic rings. The van der Waals surface area contributed by atoms with E-state index < -0.39 is 23.7 Å². The minimum absolute atomic E-state index is 0.00890. The number of imide groups is 1. The summed E-state index contributed by atoms with van der Waals surface area (Å²) in [4.78, 5) is 68.3. The second-order valence-corrected chi connectivity index (χ2v) is 16.7. The minimum Gasteiger partial charge on any atom is -0.478 e. The van der Waals surface area contributed by atoms with Crippen molar-refractivity contribution in [3.05, 3.63) is 110 Å². The summed E-state index contributed by atoms with van der Waals surface area (Å²) in [6.07, 6.45) is 0.778. The first-order chi connectivity index (χ1) is 23.4. The summed E-state index contributed by atoms with van der Waals surface area (Å²) < 4.78 is 1.54. The number of thioether (sulfide) groups is 1. The molecule has 9 nitrogen and oxygen atoms in total. The normalized spacial score (nSPS) is 26.8. The maximum atomic E-state index is 14.1. The summed E-state index contributed by atoms with van der Waals surface area (Å²) >= 11 is 2.76. The fraction of sp³-hybridized carbons (Fsp3) is 0.342. The van der Waals surface area contributed by atoms with Crippen LogP contribution in [0.4, 0.5) is 11.4 Å². The smallest absolute Gasteiger partial charge is 0.335 e. The van der Waals surface area contributed by atoms with Gasteiger partial charge >= 0.3 is 10.8 Å². The van der Waals surface area contributed by atoms with Gasteiger partial charge in [0.15, 0.2) is 0 Å². The number of benzene rings is 3. The van der Waals surface area contributed by atoms with Gasteiger partial charge in [0.05, 0.1) is 28.1 Å². The molecule has 3 aromatic carbocycles. The second-order valence-electron chi connectivity index (χ2n) is 14.5. The van der Waals surface area contributed by atoms with Gasteiger partial charge in [0, 0.05) is 21.7 Å². The number of anilines is 2. The van der Waals surface area contributed by atoms with Crippen molar-refractivity contribution >= 4 is 58.2 Å². The summed E-state index contributed by atoms with van der Waals surface area (Å²) in [6, 6.07) is 23.6. The summed E-state index contributed by atoms with van der Waals surface area (Å²) in [6.45, 7) is 6.30. The molecule has 49 heavy (non-hydrogen) atoms. The molecule has 4 aliphatic rings. The number of nitrogens with zero attached hydrogens (tertiary/aromatic N) is 2. The number of hydrogen-bond donors (Lipinski definition) is 2. The highest BCUT2D eigenvalue weighted by atomic mass is 32.2. The number of carbonyl (C=O) groups excluding carboxylic acids is 3. The Morgan fingerprint density at radius 3 is 2.16 bits per heavy atom. The Morgan fingerprint density at radius 1 is 0.878 bits per heavy atom. The highest BCUT2D eigenvalue weighted by Gasteiger charge is 2.69. The van der Waals surface area contributed by atoms with Crippen molar-refractivity contribution in [3.8, 4) is 0 Å². The highest BCUT2D eigenvalue weighted by molar-refractivity contribution is 8.00. The third-order valence-electron chi connectivity index (χ3n) is 10.8. The molecule has 8 rings (SSSR count). The number of carboxylic acid groups (broad SMARTS) is 1. The average Bonchev–Trinajstić information content (AvgIpc) is 3.79. The SMILES string of the molecule is CC(C)(C)c1ccc(C2c3sc(=O)n(CC(=O)Nc4ccc(C(=O)O)cc4)c3SC3C4CC(C5C(=O)N(c6ccccc6)C(=O)C45)C23)cc1. The molecule has 3 heterocycles. The lowest BCUT2D eigenvalue weighted by atomic mass is 9.68. The van der Waals surface area contributed by atoms with Crippen molar-refractivity contribution < 1.29 is 24.3 Å². The molecule has 3 amide bonds. The molecule has 1 aromatic heterocycles.